The summed E-state index contributed by atoms with van der Waals surface area (Å²) in [6.07, 6.45) is 21.7. The van der Waals surface area contributed by atoms with E-state index in [-0.39, 0.29) is 44.4 Å². The predicted octanol–water partition coefficient (Wildman–Crippen LogP) is 12.5. The van der Waals surface area contributed by atoms with Crippen LogP contribution in [-0.4, -0.2) is 67.0 Å². The van der Waals surface area contributed by atoms with Crippen molar-refractivity contribution in [2.24, 2.45) is 0 Å². The first-order chi connectivity index (χ1) is 29.0. The van der Waals surface area contributed by atoms with Crippen LogP contribution in [0.4, 0.5) is 0 Å². The molecule has 3 rings (SSSR count). The Morgan fingerprint density at radius 2 is 1.03 bits per heavy atom. The zero-order chi connectivity index (χ0) is 44.2. The number of carboxylic acids is 1. The van der Waals surface area contributed by atoms with Crippen molar-refractivity contribution in [3.05, 3.63) is 109 Å². The summed E-state index contributed by atoms with van der Waals surface area (Å²) in [5.74, 6) is -0.265. The number of rotatable bonds is 30. The van der Waals surface area contributed by atoms with Gasteiger partial charge in [-0.3, -0.25) is 4.79 Å². The molecular weight excluding hydrogens is 856 g/mol. The molecule has 0 saturated carbocycles. The summed E-state index contributed by atoms with van der Waals surface area (Å²) >= 11 is 2.93. The van der Waals surface area contributed by atoms with Gasteiger partial charge in [0, 0.05) is 40.6 Å². The van der Waals surface area contributed by atoms with Crippen LogP contribution in [0, 0.1) is 0 Å². The number of halogens is 1. The Morgan fingerprint density at radius 1 is 0.661 bits per heavy atom. The van der Waals surface area contributed by atoms with Crippen LogP contribution in [0.3, 0.4) is 0 Å². The molecule has 1 aliphatic heterocycles. The quantitative estimate of drug-likeness (QED) is 0.0199. The lowest BCUT2D eigenvalue weighted by Crippen LogP contribution is -2.01. The summed E-state index contributed by atoms with van der Waals surface area (Å²) < 4.78 is 26.6. The Bertz CT molecular complexity index is 1570. The highest BCUT2D eigenvalue weighted by Gasteiger charge is 2.28. The Hall–Kier alpha value is -4.97. The molecule has 0 radical (unpaired) electrons. The van der Waals surface area contributed by atoms with Crippen molar-refractivity contribution in [3.63, 3.8) is 0 Å². The highest BCUT2D eigenvalue weighted by atomic mass is 79.9. The summed E-state index contributed by atoms with van der Waals surface area (Å²) in [6, 6.07) is 14.9. The maximum absolute atomic E-state index is 11.4. The van der Waals surface area contributed by atoms with Crippen LogP contribution >= 0.6 is 15.9 Å². The molecule has 1 fully saturated rings. The highest BCUT2D eigenvalue weighted by Crippen LogP contribution is 2.32. The van der Waals surface area contributed by atoms with Gasteiger partial charge in [0.15, 0.2) is 0 Å². The van der Waals surface area contributed by atoms with Crippen LogP contribution in [0.5, 0.6) is 11.5 Å². The Morgan fingerprint density at radius 3 is 1.34 bits per heavy atom. The molecule has 1 atom stereocenters. The number of aldehydes is 1. The molecule has 0 amide bonds. The maximum atomic E-state index is 11.4. The first kappa shape index (κ1) is 59.1. The summed E-state index contributed by atoms with van der Waals surface area (Å²) in [4.78, 5) is 53.5. The minimum Gasteiger partial charge on any atom is -0.494 e. The third-order valence-electron chi connectivity index (χ3n) is 9.14. The number of ether oxygens (including phenoxy) is 5. The van der Waals surface area contributed by atoms with Crippen molar-refractivity contribution in [2.45, 2.75) is 130 Å². The molecule has 11 nitrogen and oxygen atoms in total. The van der Waals surface area contributed by atoms with E-state index in [0.717, 1.165) is 74.9 Å². The lowest BCUT2D eigenvalue weighted by molar-refractivity contribution is -0.139. The second-order valence-corrected chi connectivity index (χ2v) is 14.7. The molecule has 0 aromatic heterocycles. The van der Waals surface area contributed by atoms with Crippen LogP contribution in [0.15, 0.2) is 98.1 Å². The summed E-state index contributed by atoms with van der Waals surface area (Å²) in [5, 5.41) is 8.39. The van der Waals surface area contributed by atoms with E-state index in [4.69, 9.17) is 28.8 Å². The average Bonchev–Trinajstić information content (AvgIpc) is 3.61. The van der Waals surface area contributed by atoms with Gasteiger partial charge in [-0.15, -0.1) is 0 Å². The number of carbonyl (C=O) groups excluding carboxylic acids is 4. The van der Waals surface area contributed by atoms with Gasteiger partial charge >= 0.3 is 23.9 Å². The fraction of sp³-hybridized carbons (Fsp3) is 0.500. The Kier molecular flexibility index (Phi) is 37.1. The number of aliphatic carboxylic acids is 1. The van der Waals surface area contributed by atoms with E-state index < -0.39 is 5.97 Å². The van der Waals surface area contributed by atoms with E-state index in [0.29, 0.717) is 42.7 Å². The number of cyclic esters (lactones) is 1. The lowest BCUT2D eigenvalue weighted by Gasteiger charge is -2.11. The molecule has 1 unspecified atom stereocenters. The van der Waals surface area contributed by atoms with Gasteiger partial charge in [0.05, 0.1) is 26.4 Å². The van der Waals surface area contributed by atoms with Gasteiger partial charge in [-0.1, -0.05) is 146 Å². The summed E-state index contributed by atoms with van der Waals surface area (Å²) in [6.45, 7) is 16.1. The molecule has 0 aliphatic carbocycles. The van der Waals surface area contributed by atoms with Crippen molar-refractivity contribution in [2.75, 3.05) is 31.8 Å². The molecule has 1 N–H and O–H groups in total. The van der Waals surface area contributed by atoms with Gasteiger partial charge < -0.3 is 28.8 Å². The molecule has 2 aromatic carbocycles. The smallest absolute Gasteiger partial charge is 0.334 e. The van der Waals surface area contributed by atoms with E-state index in [1.54, 1.807) is 12.1 Å². The lowest BCUT2D eigenvalue weighted by atomic mass is 10.1. The van der Waals surface area contributed by atoms with Crippen molar-refractivity contribution in [1.29, 1.82) is 0 Å². The van der Waals surface area contributed by atoms with Gasteiger partial charge in [-0.25, -0.2) is 19.2 Å². The molecule has 1 heterocycles. The van der Waals surface area contributed by atoms with Crippen molar-refractivity contribution >= 4 is 46.1 Å². The fourth-order valence-corrected chi connectivity index (χ4v) is 5.84. The molecule has 62 heavy (non-hydrogen) atoms. The number of hydrogen-bond donors (Lipinski definition) is 1. The maximum Gasteiger partial charge on any atom is 0.334 e. The van der Waals surface area contributed by atoms with Gasteiger partial charge in [0.2, 0.25) is 0 Å². The molecule has 12 heteroatoms. The Labute approximate surface area is 380 Å². The van der Waals surface area contributed by atoms with E-state index in [2.05, 4.69) is 42.2 Å². The SMILES string of the molecule is C.C.C=C(CBr)C(=O)O.C=CC(=O)OCCCCCCCCCCOc1ccc(C2CC(=C)C(=O)O2)cc1.C=CC(=O)OCCCCCCCCCCOc1ccc(C=O)cc1. The number of unbranched alkanes of at least 4 members (excludes halogenated alkanes) is 14. The third kappa shape index (κ3) is 30.1. The van der Waals surface area contributed by atoms with Gasteiger partial charge in [0.25, 0.3) is 0 Å². The number of esters is 3. The zero-order valence-electron chi connectivity index (χ0n) is 35.2. The molecule has 346 valence electrons. The number of alkyl halides is 1. The first-order valence-corrected chi connectivity index (χ1v) is 22.0. The van der Waals surface area contributed by atoms with Crippen LogP contribution in [0.25, 0.3) is 0 Å². The third-order valence-corrected chi connectivity index (χ3v) is 9.82. The molecular formula is C50H73BrO11. The van der Waals surface area contributed by atoms with Crippen molar-refractivity contribution in [3.8, 4) is 11.5 Å². The Balaban J connectivity index is 0. The minimum atomic E-state index is -0.947. The van der Waals surface area contributed by atoms with Crippen LogP contribution in [-0.2, 0) is 33.4 Å². The number of carboxylic acid groups (broad SMARTS) is 1. The number of carbonyl (C=O) groups is 5. The number of hydrogen-bond acceptors (Lipinski definition) is 10. The molecule has 1 aliphatic rings. The second-order valence-electron chi connectivity index (χ2n) is 14.1. The summed E-state index contributed by atoms with van der Waals surface area (Å²) in [7, 11) is 0. The van der Waals surface area contributed by atoms with Crippen LogP contribution < -0.4 is 9.47 Å². The van der Waals surface area contributed by atoms with Gasteiger partial charge in [-0.2, -0.15) is 0 Å². The molecule has 2 aromatic rings. The second kappa shape index (κ2) is 38.9. The molecule has 1 saturated heterocycles. The first-order valence-electron chi connectivity index (χ1n) is 20.9. The fourth-order valence-electron chi connectivity index (χ4n) is 5.60. The van der Waals surface area contributed by atoms with Crippen molar-refractivity contribution in [1.82, 2.24) is 0 Å². The molecule has 0 bridgehead atoms. The minimum absolute atomic E-state index is 0. The normalized spacial score (nSPS) is 12.2. The van der Waals surface area contributed by atoms with Crippen LogP contribution in [0.1, 0.15) is 146 Å². The van der Waals surface area contributed by atoms with E-state index in [1.807, 2.05) is 36.4 Å². The zero-order valence-corrected chi connectivity index (χ0v) is 36.8. The van der Waals surface area contributed by atoms with Crippen LogP contribution in [0.2, 0.25) is 0 Å². The van der Waals surface area contributed by atoms with E-state index >= 15 is 0 Å². The topological polar surface area (TPSA) is 152 Å². The molecule has 0 spiro atoms. The van der Waals surface area contributed by atoms with E-state index in [1.165, 1.54) is 69.9 Å². The standard InChI is InChI=1S/C24H32O5.C20H28O4.C4H5BrO2.2CH4/c1-3-23(25)28-17-11-9-7-5-4-6-8-10-16-27-21-14-12-20(13-15-21)22-18-19(2)24(26)29-22;1-2-20(22)24-16-10-8-6-4-3-5-7-9-15-23-19-13-11-18(17-21)12-14-19;1-3(2-5)4(6)7;;/h3,12-15,22H,1-2,4-11,16-18H2;2,11-14,17H,1,3-10,15-16H2;1-2H2,(H,6,7);2*1H4. The van der Waals surface area contributed by atoms with E-state index in [9.17, 15) is 24.0 Å². The van der Waals surface area contributed by atoms with Gasteiger partial charge in [-0.05, 0) is 67.6 Å². The van der Waals surface area contributed by atoms with Crippen molar-refractivity contribution < 1.29 is 52.8 Å². The number of benzene rings is 2. The van der Waals surface area contributed by atoms with Gasteiger partial charge in [0.1, 0.15) is 23.9 Å². The average molecular weight is 930 g/mol. The predicted molar refractivity (Wildman–Crippen MR) is 252 cm³/mol. The monoisotopic (exact) mass is 928 g/mol. The summed E-state index contributed by atoms with van der Waals surface area (Å²) in [5.41, 5.74) is 2.36. The largest absolute Gasteiger partial charge is 0.494 e. The highest BCUT2D eigenvalue weighted by molar-refractivity contribution is 9.09.